The molecule has 3 rings (SSSR count). The highest BCUT2D eigenvalue weighted by molar-refractivity contribution is 5.85. The van der Waals surface area contributed by atoms with Crippen LogP contribution < -0.4 is 21.3 Å². The van der Waals surface area contributed by atoms with Gasteiger partial charge in [0.15, 0.2) is 0 Å². The lowest BCUT2D eigenvalue weighted by atomic mass is 10.1. The summed E-state index contributed by atoms with van der Waals surface area (Å²) in [5.41, 5.74) is 4.96. The van der Waals surface area contributed by atoms with Crippen molar-refractivity contribution in [1.82, 2.24) is 10.6 Å². The summed E-state index contributed by atoms with van der Waals surface area (Å²) in [6.45, 7) is 5.50. The van der Waals surface area contributed by atoms with Gasteiger partial charge in [-0.15, -0.1) is 24.8 Å². The Morgan fingerprint density at radius 1 is 0.433 bits per heavy atom. The van der Waals surface area contributed by atoms with Gasteiger partial charge in [0.05, 0.1) is 0 Å². The van der Waals surface area contributed by atoms with Crippen LogP contribution in [0.5, 0.6) is 0 Å². The summed E-state index contributed by atoms with van der Waals surface area (Å²) in [6.07, 6.45) is 0. The molecule has 6 heteroatoms. The molecule has 0 aliphatic rings. The van der Waals surface area contributed by atoms with E-state index < -0.39 is 0 Å². The minimum absolute atomic E-state index is 0. The molecule has 0 aliphatic carbocycles. The van der Waals surface area contributed by atoms with Gasteiger partial charge < -0.3 is 21.3 Å². The molecule has 0 fully saturated rings. The van der Waals surface area contributed by atoms with Crippen molar-refractivity contribution in [2.75, 3.05) is 36.8 Å². The van der Waals surface area contributed by atoms with Crippen LogP contribution >= 0.6 is 24.8 Å². The van der Waals surface area contributed by atoms with Crippen LogP contribution in [-0.4, -0.2) is 26.2 Å². The Balaban J connectivity index is 0.00000225. The van der Waals surface area contributed by atoms with Crippen LogP contribution in [0.2, 0.25) is 0 Å². The first-order valence-corrected chi connectivity index (χ1v) is 9.97. The molecule has 0 unspecified atom stereocenters. The minimum atomic E-state index is 0. The van der Waals surface area contributed by atoms with Crippen LogP contribution in [0.1, 0.15) is 11.1 Å². The summed E-state index contributed by atoms with van der Waals surface area (Å²) >= 11 is 0. The van der Waals surface area contributed by atoms with E-state index in [1.165, 1.54) is 22.5 Å². The van der Waals surface area contributed by atoms with Gasteiger partial charge in [0.25, 0.3) is 0 Å². The number of nitrogens with one attached hydrogen (secondary N) is 4. The lowest BCUT2D eigenvalue weighted by Crippen LogP contribution is -2.22. The second-order valence-corrected chi connectivity index (χ2v) is 6.76. The van der Waals surface area contributed by atoms with Crippen LogP contribution in [0.3, 0.4) is 0 Å². The fourth-order valence-electron chi connectivity index (χ4n) is 2.94. The van der Waals surface area contributed by atoms with E-state index >= 15 is 0 Å². The van der Waals surface area contributed by atoms with Gasteiger partial charge in [-0.05, 0) is 35.4 Å². The Kier molecular flexibility index (Phi) is 13.4. The Labute approximate surface area is 192 Å². The summed E-state index contributed by atoms with van der Waals surface area (Å²) in [5.74, 6) is 0. The zero-order chi connectivity index (χ0) is 19.3. The van der Waals surface area contributed by atoms with Gasteiger partial charge in [0.1, 0.15) is 0 Å². The van der Waals surface area contributed by atoms with Crippen LogP contribution in [0.25, 0.3) is 0 Å². The third kappa shape index (κ3) is 9.99. The number of hydrogen-bond donors (Lipinski definition) is 4. The Morgan fingerprint density at radius 3 is 1.17 bits per heavy atom. The lowest BCUT2D eigenvalue weighted by molar-refractivity contribution is 0.699. The van der Waals surface area contributed by atoms with E-state index in [-0.39, 0.29) is 24.8 Å². The summed E-state index contributed by atoms with van der Waals surface area (Å²) in [4.78, 5) is 0. The number of rotatable bonds is 12. The molecule has 0 radical (unpaired) electrons. The van der Waals surface area contributed by atoms with Crippen molar-refractivity contribution in [2.45, 2.75) is 13.1 Å². The van der Waals surface area contributed by atoms with E-state index in [4.69, 9.17) is 0 Å². The number of para-hydroxylation sites is 2. The zero-order valence-corrected chi connectivity index (χ0v) is 18.8. The predicted molar refractivity (Wildman–Crippen MR) is 134 cm³/mol. The van der Waals surface area contributed by atoms with Crippen molar-refractivity contribution in [3.63, 3.8) is 0 Å². The molecule has 0 aromatic heterocycles. The molecule has 162 valence electrons. The van der Waals surface area contributed by atoms with Crippen molar-refractivity contribution < 1.29 is 0 Å². The molecule has 30 heavy (non-hydrogen) atoms. The second-order valence-electron chi connectivity index (χ2n) is 6.76. The van der Waals surface area contributed by atoms with E-state index in [0.717, 1.165) is 39.3 Å². The smallest absolute Gasteiger partial charge is 0.0340 e. The summed E-state index contributed by atoms with van der Waals surface area (Å²) < 4.78 is 0. The predicted octanol–water partition coefficient (Wildman–Crippen LogP) is 4.93. The summed E-state index contributed by atoms with van der Waals surface area (Å²) in [6, 6.07) is 29.4. The monoisotopic (exact) mass is 446 g/mol. The molecule has 4 N–H and O–H groups in total. The molecule has 0 saturated heterocycles. The molecule has 0 bridgehead atoms. The van der Waals surface area contributed by atoms with Gasteiger partial charge in [0.2, 0.25) is 0 Å². The molecule has 3 aromatic rings. The highest BCUT2D eigenvalue weighted by atomic mass is 35.5. The molecule has 3 aromatic carbocycles. The summed E-state index contributed by atoms with van der Waals surface area (Å²) in [5, 5.41) is 13.8. The van der Waals surface area contributed by atoms with E-state index in [1.54, 1.807) is 0 Å². The SMILES string of the molecule is Cl.Cl.c1ccc(NCCNCc2ccc(CNCCNc3ccccc3)cc2)cc1. The van der Waals surface area contributed by atoms with Crippen molar-refractivity contribution in [3.8, 4) is 0 Å². The molecular formula is C24H32Cl2N4. The van der Waals surface area contributed by atoms with E-state index in [2.05, 4.69) is 69.8 Å². The van der Waals surface area contributed by atoms with Crippen molar-refractivity contribution in [1.29, 1.82) is 0 Å². The molecule has 0 saturated carbocycles. The third-order valence-corrected chi connectivity index (χ3v) is 4.49. The van der Waals surface area contributed by atoms with Gasteiger partial charge in [-0.1, -0.05) is 60.7 Å². The molecule has 4 nitrogen and oxygen atoms in total. The largest absolute Gasteiger partial charge is 0.384 e. The molecular weight excluding hydrogens is 415 g/mol. The maximum atomic E-state index is 3.48. The molecule has 0 amide bonds. The van der Waals surface area contributed by atoms with Gasteiger partial charge in [0, 0.05) is 50.6 Å². The van der Waals surface area contributed by atoms with E-state index in [9.17, 15) is 0 Å². The Hall–Kier alpha value is -2.24. The first kappa shape index (κ1) is 25.8. The van der Waals surface area contributed by atoms with Crippen LogP contribution in [0.15, 0.2) is 84.9 Å². The maximum absolute atomic E-state index is 3.48. The molecule has 0 spiro atoms. The average molecular weight is 447 g/mol. The van der Waals surface area contributed by atoms with Gasteiger partial charge in [-0.2, -0.15) is 0 Å². The fourth-order valence-corrected chi connectivity index (χ4v) is 2.94. The first-order valence-electron chi connectivity index (χ1n) is 9.97. The van der Waals surface area contributed by atoms with Crippen LogP contribution in [-0.2, 0) is 13.1 Å². The minimum Gasteiger partial charge on any atom is -0.384 e. The van der Waals surface area contributed by atoms with Gasteiger partial charge in [-0.3, -0.25) is 0 Å². The number of anilines is 2. The highest BCUT2D eigenvalue weighted by Gasteiger charge is 1.96. The maximum Gasteiger partial charge on any atom is 0.0340 e. The average Bonchev–Trinajstić information content (AvgIpc) is 2.76. The van der Waals surface area contributed by atoms with Crippen LogP contribution in [0, 0.1) is 0 Å². The Bertz CT molecular complexity index is 715. The molecule has 0 atom stereocenters. The Morgan fingerprint density at radius 2 is 0.800 bits per heavy atom. The number of hydrogen-bond acceptors (Lipinski definition) is 4. The van der Waals surface area contributed by atoms with Gasteiger partial charge >= 0.3 is 0 Å². The van der Waals surface area contributed by atoms with E-state index in [1.807, 2.05) is 36.4 Å². The lowest BCUT2D eigenvalue weighted by Gasteiger charge is -2.09. The fraction of sp³-hybridized carbons (Fsp3) is 0.250. The van der Waals surface area contributed by atoms with Gasteiger partial charge in [-0.25, -0.2) is 0 Å². The normalized spacial score (nSPS) is 9.87. The van der Waals surface area contributed by atoms with Crippen molar-refractivity contribution in [3.05, 3.63) is 96.1 Å². The molecule has 0 aliphatic heterocycles. The quantitative estimate of drug-likeness (QED) is 0.297. The standard InChI is InChI=1S/C24H30N4.2ClH/c1-3-7-23(8-4-1)27-17-15-25-19-21-11-13-22(14-12-21)20-26-16-18-28-24-9-5-2-6-10-24;;/h1-14,25-28H,15-20H2;2*1H. The summed E-state index contributed by atoms with van der Waals surface area (Å²) in [7, 11) is 0. The molecule has 0 heterocycles. The highest BCUT2D eigenvalue weighted by Crippen LogP contribution is 2.06. The topological polar surface area (TPSA) is 48.1 Å². The van der Waals surface area contributed by atoms with Crippen LogP contribution in [0.4, 0.5) is 11.4 Å². The third-order valence-electron chi connectivity index (χ3n) is 4.49. The van der Waals surface area contributed by atoms with Crippen molar-refractivity contribution >= 4 is 36.2 Å². The first-order chi connectivity index (χ1) is 13.9. The second kappa shape index (κ2) is 15.6. The van der Waals surface area contributed by atoms with E-state index in [0.29, 0.717) is 0 Å². The zero-order valence-electron chi connectivity index (χ0n) is 17.1. The number of benzene rings is 3. The van der Waals surface area contributed by atoms with Crippen molar-refractivity contribution in [2.24, 2.45) is 0 Å². The number of halogens is 2.